The summed E-state index contributed by atoms with van der Waals surface area (Å²) in [5.41, 5.74) is 2.89. The van der Waals surface area contributed by atoms with Crippen LogP contribution in [0.5, 0.6) is 0 Å². The van der Waals surface area contributed by atoms with Gasteiger partial charge in [0.2, 0.25) is 5.91 Å². The van der Waals surface area contributed by atoms with E-state index < -0.39 is 0 Å². The Bertz CT molecular complexity index is 1500. The lowest BCUT2D eigenvalue weighted by molar-refractivity contribution is -0.116. The molecule has 8 heteroatoms. The van der Waals surface area contributed by atoms with Gasteiger partial charge in [-0.25, -0.2) is 0 Å². The van der Waals surface area contributed by atoms with Gasteiger partial charge in [0, 0.05) is 30.5 Å². The van der Waals surface area contributed by atoms with E-state index in [0.717, 1.165) is 22.0 Å². The molecule has 5 rings (SSSR count). The number of fused-ring (bicyclic) bond motifs is 2. The van der Waals surface area contributed by atoms with E-state index in [-0.39, 0.29) is 18.0 Å². The zero-order valence-corrected chi connectivity index (χ0v) is 19.3. The van der Waals surface area contributed by atoms with Crippen molar-refractivity contribution in [3.8, 4) is 0 Å². The average molecular weight is 455 g/mol. The maximum Gasteiger partial charge on any atom is 0.261 e. The van der Waals surface area contributed by atoms with Gasteiger partial charge in [-0.2, -0.15) is 5.10 Å². The van der Waals surface area contributed by atoms with E-state index in [1.54, 1.807) is 36.9 Å². The fraction of sp³-hybridized carbons (Fsp3) is 0.154. The molecule has 172 valence electrons. The summed E-state index contributed by atoms with van der Waals surface area (Å²) in [6.07, 6.45) is 6.63. The molecule has 1 amide bonds. The quantitative estimate of drug-likeness (QED) is 0.402. The SMILES string of the molecule is CC.Cn1ncc2cc(Nc3cccc4ccn(CC(=O)Nc5cccnc5)c(=O)c34)ccc21. The maximum atomic E-state index is 13.3. The third-order valence-electron chi connectivity index (χ3n) is 5.29. The van der Waals surface area contributed by atoms with Gasteiger partial charge in [-0.15, -0.1) is 0 Å². The smallest absolute Gasteiger partial charge is 0.261 e. The second-order valence-electron chi connectivity index (χ2n) is 7.48. The third kappa shape index (κ3) is 4.66. The molecular weight excluding hydrogens is 428 g/mol. The van der Waals surface area contributed by atoms with Crippen LogP contribution in [0, 0.1) is 0 Å². The van der Waals surface area contributed by atoms with Gasteiger partial charge in [-0.3, -0.25) is 19.3 Å². The predicted octanol–water partition coefficient (Wildman–Crippen LogP) is 4.69. The number of pyridine rings is 2. The van der Waals surface area contributed by atoms with Crippen molar-refractivity contribution in [2.75, 3.05) is 10.6 Å². The fourth-order valence-electron chi connectivity index (χ4n) is 3.75. The van der Waals surface area contributed by atoms with E-state index in [0.29, 0.717) is 16.8 Å². The van der Waals surface area contributed by atoms with Gasteiger partial charge in [0.1, 0.15) is 6.54 Å². The van der Waals surface area contributed by atoms with Crippen LogP contribution < -0.4 is 16.2 Å². The number of aromatic nitrogens is 4. The van der Waals surface area contributed by atoms with Crippen LogP contribution in [0.2, 0.25) is 0 Å². The summed E-state index contributed by atoms with van der Waals surface area (Å²) in [7, 11) is 1.90. The van der Waals surface area contributed by atoms with E-state index in [9.17, 15) is 9.59 Å². The topological polar surface area (TPSA) is 93.8 Å². The highest BCUT2D eigenvalue weighted by atomic mass is 16.2. The Hall–Kier alpha value is -4.46. The van der Waals surface area contributed by atoms with Crippen molar-refractivity contribution in [3.05, 3.63) is 89.7 Å². The summed E-state index contributed by atoms with van der Waals surface area (Å²) < 4.78 is 3.22. The minimum absolute atomic E-state index is 0.0976. The first kappa shape index (κ1) is 22.7. The van der Waals surface area contributed by atoms with Crippen LogP contribution >= 0.6 is 0 Å². The number of nitrogens with one attached hydrogen (secondary N) is 2. The number of nitrogens with zero attached hydrogens (tertiary/aromatic N) is 4. The number of rotatable bonds is 5. The lowest BCUT2D eigenvalue weighted by Gasteiger charge is -2.12. The van der Waals surface area contributed by atoms with Crippen LogP contribution in [0.15, 0.2) is 84.2 Å². The van der Waals surface area contributed by atoms with Crippen molar-refractivity contribution in [1.82, 2.24) is 19.3 Å². The highest BCUT2D eigenvalue weighted by Gasteiger charge is 2.12. The molecule has 5 aromatic rings. The molecule has 0 unspecified atom stereocenters. The summed E-state index contributed by atoms with van der Waals surface area (Å²) in [5.74, 6) is -0.299. The first-order valence-electron chi connectivity index (χ1n) is 11.1. The van der Waals surface area contributed by atoms with Crippen molar-refractivity contribution in [2.45, 2.75) is 20.4 Å². The molecule has 0 spiro atoms. The molecule has 0 aliphatic rings. The number of hydrogen-bond acceptors (Lipinski definition) is 5. The Morgan fingerprint density at radius 1 is 0.971 bits per heavy atom. The van der Waals surface area contributed by atoms with Gasteiger partial charge in [0.25, 0.3) is 5.56 Å². The zero-order chi connectivity index (χ0) is 24.1. The number of benzene rings is 2. The largest absolute Gasteiger partial charge is 0.355 e. The molecule has 0 saturated carbocycles. The van der Waals surface area contributed by atoms with Gasteiger partial charge in [-0.05, 0) is 47.9 Å². The third-order valence-corrected chi connectivity index (χ3v) is 5.29. The molecule has 0 aliphatic carbocycles. The van der Waals surface area contributed by atoms with Crippen molar-refractivity contribution < 1.29 is 4.79 Å². The molecule has 2 aromatic carbocycles. The highest BCUT2D eigenvalue weighted by molar-refractivity contribution is 5.96. The van der Waals surface area contributed by atoms with Crippen molar-refractivity contribution >= 4 is 44.6 Å². The Labute approximate surface area is 196 Å². The molecule has 0 fully saturated rings. The number of aryl methyl sites for hydroxylation is 1. The molecule has 0 bridgehead atoms. The zero-order valence-electron chi connectivity index (χ0n) is 19.3. The first-order valence-corrected chi connectivity index (χ1v) is 11.1. The number of carbonyl (C=O) groups excluding carboxylic acids is 1. The number of amides is 1. The van der Waals surface area contributed by atoms with Crippen LogP contribution in [-0.4, -0.2) is 25.2 Å². The maximum absolute atomic E-state index is 13.3. The van der Waals surface area contributed by atoms with Gasteiger partial charge >= 0.3 is 0 Å². The second kappa shape index (κ2) is 9.99. The molecule has 3 heterocycles. The van der Waals surface area contributed by atoms with Crippen LogP contribution in [-0.2, 0) is 18.4 Å². The molecule has 0 radical (unpaired) electrons. The highest BCUT2D eigenvalue weighted by Crippen LogP contribution is 2.26. The lowest BCUT2D eigenvalue weighted by Crippen LogP contribution is -2.27. The van der Waals surface area contributed by atoms with E-state index in [2.05, 4.69) is 20.7 Å². The van der Waals surface area contributed by atoms with E-state index >= 15 is 0 Å². The molecule has 3 aromatic heterocycles. The summed E-state index contributed by atoms with van der Waals surface area (Å²) >= 11 is 0. The first-order chi connectivity index (χ1) is 16.6. The van der Waals surface area contributed by atoms with Crippen molar-refractivity contribution in [1.29, 1.82) is 0 Å². The Morgan fingerprint density at radius 2 is 1.82 bits per heavy atom. The minimum Gasteiger partial charge on any atom is -0.355 e. The Morgan fingerprint density at radius 3 is 2.62 bits per heavy atom. The molecular formula is C26H26N6O2. The molecule has 0 atom stereocenters. The summed E-state index contributed by atoms with van der Waals surface area (Å²) in [4.78, 5) is 29.7. The molecule has 8 nitrogen and oxygen atoms in total. The Balaban J connectivity index is 0.00000133. The standard InChI is InChI=1S/C24H20N6O2.C2H6/c1-29-21-8-7-18(12-17(21)13-26-29)27-20-6-2-4-16-9-11-30(24(32)23(16)20)15-22(31)28-19-5-3-10-25-14-19;1-2/h2-14,27H,15H2,1H3,(H,28,31);1-2H3. The fourth-order valence-corrected chi connectivity index (χ4v) is 3.75. The molecule has 0 aliphatic heterocycles. The minimum atomic E-state index is -0.299. The summed E-state index contributed by atoms with van der Waals surface area (Å²) in [6, 6.07) is 16.9. The molecule has 34 heavy (non-hydrogen) atoms. The lowest BCUT2D eigenvalue weighted by atomic mass is 10.1. The monoisotopic (exact) mass is 454 g/mol. The summed E-state index contributed by atoms with van der Waals surface area (Å²) in [5, 5.41) is 12.7. The van der Waals surface area contributed by atoms with Gasteiger partial charge in [0.15, 0.2) is 0 Å². The van der Waals surface area contributed by atoms with Crippen LogP contribution in [0.4, 0.5) is 17.1 Å². The predicted molar refractivity (Wildman–Crippen MR) is 136 cm³/mol. The van der Waals surface area contributed by atoms with Crippen LogP contribution in [0.25, 0.3) is 21.7 Å². The van der Waals surface area contributed by atoms with Crippen molar-refractivity contribution in [2.24, 2.45) is 7.05 Å². The number of hydrogen-bond donors (Lipinski definition) is 2. The molecule has 0 saturated heterocycles. The summed E-state index contributed by atoms with van der Waals surface area (Å²) in [6.45, 7) is 3.90. The van der Waals surface area contributed by atoms with Crippen LogP contribution in [0.3, 0.4) is 0 Å². The molecule has 2 N–H and O–H groups in total. The van der Waals surface area contributed by atoms with E-state index in [1.165, 1.54) is 4.57 Å². The van der Waals surface area contributed by atoms with Gasteiger partial charge in [-0.1, -0.05) is 26.0 Å². The van der Waals surface area contributed by atoms with E-state index in [1.807, 2.05) is 68.0 Å². The second-order valence-corrected chi connectivity index (χ2v) is 7.48. The normalized spacial score (nSPS) is 10.6. The Kier molecular flexibility index (Phi) is 6.68. The van der Waals surface area contributed by atoms with Gasteiger partial charge < -0.3 is 15.2 Å². The van der Waals surface area contributed by atoms with Crippen molar-refractivity contribution in [3.63, 3.8) is 0 Å². The van der Waals surface area contributed by atoms with E-state index in [4.69, 9.17) is 0 Å². The van der Waals surface area contributed by atoms with Gasteiger partial charge in [0.05, 0.1) is 34.7 Å². The average Bonchev–Trinajstić information content (AvgIpc) is 3.23. The number of carbonyl (C=O) groups is 1. The number of anilines is 3. The van der Waals surface area contributed by atoms with Crippen LogP contribution in [0.1, 0.15) is 13.8 Å².